The largest absolute Gasteiger partial charge is 0.494 e. The highest BCUT2D eigenvalue weighted by atomic mass is 32.2. The Morgan fingerprint density at radius 3 is 2.71 bits per heavy atom. The van der Waals surface area contributed by atoms with E-state index in [1.165, 1.54) is 12.8 Å². The molecule has 24 heavy (non-hydrogen) atoms. The van der Waals surface area contributed by atoms with Gasteiger partial charge in [-0.05, 0) is 49.9 Å². The zero-order valence-corrected chi connectivity index (χ0v) is 14.2. The zero-order valence-electron chi connectivity index (χ0n) is 13.4. The minimum atomic E-state index is -0.174. The molecule has 1 aromatic carbocycles. The second-order valence-corrected chi connectivity index (χ2v) is 6.82. The minimum absolute atomic E-state index is 0.174. The molecule has 0 unspecified atom stereocenters. The average molecular weight is 342 g/mol. The Hall–Kier alpha value is -2.28. The summed E-state index contributed by atoms with van der Waals surface area (Å²) in [7, 11) is 0. The van der Waals surface area contributed by atoms with E-state index in [0.717, 1.165) is 28.3 Å². The van der Waals surface area contributed by atoms with E-state index in [9.17, 15) is 4.79 Å². The Bertz CT molecular complexity index is 912. The maximum atomic E-state index is 12.7. The third-order valence-corrected chi connectivity index (χ3v) is 5.19. The molecule has 0 saturated heterocycles. The fourth-order valence-corrected chi connectivity index (χ4v) is 3.62. The normalized spacial score (nSPS) is 14.2. The van der Waals surface area contributed by atoms with Crippen molar-refractivity contribution < 1.29 is 4.74 Å². The Balaban J connectivity index is 1.66. The van der Waals surface area contributed by atoms with E-state index in [-0.39, 0.29) is 5.56 Å². The molecule has 1 saturated carbocycles. The molecule has 6 nitrogen and oxygen atoms in total. The van der Waals surface area contributed by atoms with Crippen molar-refractivity contribution in [2.24, 2.45) is 5.92 Å². The van der Waals surface area contributed by atoms with E-state index in [1.54, 1.807) is 26.9 Å². The molecule has 124 valence electrons. The lowest BCUT2D eigenvalue weighted by Crippen LogP contribution is -2.20. The SMILES string of the molecule is CCOc1ccc(-n2ccn3c(SCC4CC4)nnc3c2=O)cc1. The number of benzene rings is 1. The number of ether oxygens (including phenoxy) is 1. The molecule has 0 radical (unpaired) electrons. The lowest BCUT2D eigenvalue weighted by atomic mass is 10.3. The molecule has 1 aliphatic carbocycles. The predicted octanol–water partition coefficient (Wildman–Crippen LogP) is 2.78. The summed E-state index contributed by atoms with van der Waals surface area (Å²) in [6.07, 6.45) is 6.21. The number of rotatable bonds is 6. The molecule has 4 rings (SSSR count). The maximum Gasteiger partial charge on any atom is 0.300 e. The summed E-state index contributed by atoms with van der Waals surface area (Å²) in [5.74, 6) is 2.63. The van der Waals surface area contributed by atoms with Crippen LogP contribution in [0.2, 0.25) is 0 Å². The van der Waals surface area contributed by atoms with Gasteiger partial charge in [0, 0.05) is 23.8 Å². The van der Waals surface area contributed by atoms with Crippen molar-refractivity contribution in [3.05, 3.63) is 47.0 Å². The molecule has 0 bridgehead atoms. The Morgan fingerprint density at radius 2 is 2.00 bits per heavy atom. The molecule has 7 heteroatoms. The van der Waals surface area contributed by atoms with Crippen LogP contribution < -0.4 is 10.3 Å². The molecule has 0 atom stereocenters. The fraction of sp³-hybridized carbons (Fsp3) is 0.353. The van der Waals surface area contributed by atoms with Crippen LogP contribution in [0.4, 0.5) is 0 Å². The molecule has 0 aliphatic heterocycles. The van der Waals surface area contributed by atoms with E-state index < -0.39 is 0 Å². The average Bonchev–Trinajstić information content (AvgIpc) is 3.34. The first kappa shape index (κ1) is 15.3. The third-order valence-electron chi connectivity index (χ3n) is 4.01. The molecule has 1 fully saturated rings. The van der Waals surface area contributed by atoms with Gasteiger partial charge in [-0.3, -0.25) is 13.8 Å². The van der Waals surface area contributed by atoms with Gasteiger partial charge < -0.3 is 4.74 Å². The van der Waals surface area contributed by atoms with Crippen LogP contribution in [0.25, 0.3) is 11.3 Å². The highest BCUT2D eigenvalue weighted by Crippen LogP contribution is 2.34. The lowest BCUT2D eigenvalue weighted by Gasteiger charge is -2.08. The van der Waals surface area contributed by atoms with Crippen molar-refractivity contribution in [2.75, 3.05) is 12.4 Å². The summed E-state index contributed by atoms with van der Waals surface area (Å²) < 4.78 is 8.79. The van der Waals surface area contributed by atoms with E-state index in [4.69, 9.17) is 4.74 Å². The first-order chi connectivity index (χ1) is 11.8. The molecule has 0 spiro atoms. The highest BCUT2D eigenvalue weighted by Gasteiger charge is 2.22. The van der Waals surface area contributed by atoms with Crippen molar-refractivity contribution >= 4 is 17.4 Å². The summed E-state index contributed by atoms with van der Waals surface area (Å²) in [6.45, 7) is 2.56. The minimum Gasteiger partial charge on any atom is -0.494 e. The van der Waals surface area contributed by atoms with Gasteiger partial charge in [-0.25, -0.2) is 0 Å². The molecule has 3 aromatic rings. The van der Waals surface area contributed by atoms with E-state index in [1.807, 2.05) is 37.4 Å². The molecule has 0 N–H and O–H groups in total. The summed E-state index contributed by atoms with van der Waals surface area (Å²) in [5.41, 5.74) is 0.957. The van der Waals surface area contributed by atoms with Gasteiger partial charge in [-0.1, -0.05) is 11.8 Å². The Labute approximate surface area is 143 Å². The van der Waals surface area contributed by atoms with Gasteiger partial charge in [-0.15, -0.1) is 10.2 Å². The number of hydrogen-bond donors (Lipinski definition) is 0. The van der Waals surface area contributed by atoms with Crippen LogP contribution >= 0.6 is 11.8 Å². The first-order valence-corrected chi connectivity index (χ1v) is 9.07. The highest BCUT2D eigenvalue weighted by molar-refractivity contribution is 7.99. The van der Waals surface area contributed by atoms with E-state index >= 15 is 0 Å². The fourth-order valence-electron chi connectivity index (χ4n) is 2.51. The summed E-state index contributed by atoms with van der Waals surface area (Å²) in [6, 6.07) is 7.44. The van der Waals surface area contributed by atoms with Gasteiger partial charge >= 0.3 is 5.56 Å². The number of thioether (sulfide) groups is 1. The second-order valence-electron chi connectivity index (χ2n) is 5.83. The molecule has 0 amide bonds. The molecule has 1 aliphatic rings. The van der Waals surface area contributed by atoms with Gasteiger partial charge in [0.05, 0.1) is 6.61 Å². The zero-order chi connectivity index (χ0) is 16.5. The number of aromatic nitrogens is 4. The smallest absolute Gasteiger partial charge is 0.300 e. The number of nitrogens with zero attached hydrogens (tertiary/aromatic N) is 4. The molecular weight excluding hydrogens is 324 g/mol. The van der Waals surface area contributed by atoms with Gasteiger partial charge in [0.25, 0.3) is 0 Å². The van der Waals surface area contributed by atoms with Crippen LogP contribution in [0.1, 0.15) is 19.8 Å². The molecular formula is C17H18N4O2S. The van der Waals surface area contributed by atoms with Crippen LogP contribution in [0, 0.1) is 5.92 Å². The monoisotopic (exact) mass is 342 g/mol. The quantitative estimate of drug-likeness (QED) is 0.645. The maximum absolute atomic E-state index is 12.7. The Morgan fingerprint density at radius 1 is 1.21 bits per heavy atom. The molecule has 2 aromatic heterocycles. The third kappa shape index (κ3) is 2.91. The van der Waals surface area contributed by atoms with Gasteiger partial charge in [0.2, 0.25) is 5.65 Å². The lowest BCUT2D eigenvalue weighted by molar-refractivity contribution is 0.340. The summed E-state index contributed by atoms with van der Waals surface area (Å²) in [5, 5.41) is 9.04. The number of fused-ring (bicyclic) bond motifs is 1. The Kier molecular flexibility index (Phi) is 4.02. The van der Waals surface area contributed by atoms with Crippen LogP contribution in [0.5, 0.6) is 5.75 Å². The van der Waals surface area contributed by atoms with Crippen molar-refractivity contribution in [1.82, 2.24) is 19.2 Å². The molecule has 2 heterocycles. The van der Waals surface area contributed by atoms with Gasteiger partial charge in [0.15, 0.2) is 5.16 Å². The summed E-state index contributed by atoms with van der Waals surface area (Å²) in [4.78, 5) is 12.7. The van der Waals surface area contributed by atoms with Crippen LogP contribution in [-0.4, -0.2) is 31.5 Å². The van der Waals surface area contributed by atoms with Crippen molar-refractivity contribution in [3.8, 4) is 11.4 Å². The van der Waals surface area contributed by atoms with Gasteiger partial charge in [0.1, 0.15) is 5.75 Å². The van der Waals surface area contributed by atoms with Crippen LogP contribution in [0.15, 0.2) is 46.6 Å². The number of hydrogen-bond acceptors (Lipinski definition) is 5. The summed E-state index contributed by atoms with van der Waals surface area (Å²) >= 11 is 1.67. The standard InChI is InChI=1S/C17H18N4O2S/c1-2-23-14-7-5-13(6-8-14)20-9-10-21-15(16(20)22)18-19-17(21)24-11-12-3-4-12/h5-10,12H,2-4,11H2,1H3. The van der Waals surface area contributed by atoms with E-state index in [2.05, 4.69) is 10.2 Å². The van der Waals surface area contributed by atoms with Crippen molar-refractivity contribution in [2.45, 2.75) is 24.9 Å². The topological polar surface area (TPSA) is 61.4 Å². The first-order valence-electron chi connectivity index (χ1n) is 8.08. The van der Waals surface area contributed by atoms with Crippen LogP contribution in [0.3, 0.4) is 0 Å². The second kappa shape index (κ2) is 6.32. The van der Waals surface area contributed by atoms with Gasteiger partial charge in [-0.2, -0.15) is 0 Å². The van der Waals surface area contributed by atoms with Crippen molar-refractivity contribution in [3.63, 3.8) is 0 Å². The van der Waals surface area contributed by atoms with Crippen LogP contribution in [-0.2, 0) is 0 Å². The van der Waals surface area contributed by atoms with Crippen molar-refractivity contribution in [1.29, 1.82) is 0 Å². The predicted molar refractivity (Wildman–Crippen MR) is 93.2 cm³/mol. The van der Waals surface area contributed by atoms with E-state index in [0.29, 0.717) is 12.3 Å².